The molecular weight excluding hydrogens is 212 g/mol. The number of hydrogen-bond donors (Lipinski definition) is 0. The van der Waals surface area contributed by atoms with Crippen molar-refractivity contribution in [3.63, 3.8) is 0 Å². The molecule has 0 N–H and O–H groups in total. The van der Waals surface area contributed by atoms with Gasteiger partial charge < -0.3 is 4.90 Å². The number of piperidine rings is 1. The van der Waals surface area contributed by atoms with Crippen LogP contribution in [0.4, 0.5) is 0 Å². The minimum Gasteiger partial charge on any atom is -0.342 e. The van der Waals surface area contributed by atoms with Gasteiger partial charge in [0.2, 0.25) is 5.91 Å². The third kappa shape index (κ3) is 2.76. The van der Waals surface area contributed by atoms with Crippen LogP contribution in [0.25, 0.3) is 0 Å². The van der Waals surface area contributed by atoms with Gasteiger partial charge in [-0.05, 0) is 12.8 Å². The molecule has 2 aliphatic rings. The number of nitrogens with zero attached hydrogens (tertiary/aromatic N) is 2. The fourth-order valence-electron chi connectivity index (χ4n) is 2.51. The fraction of sp³-hybridized carbons (Fsp3) is 0.714. The highest BCUT2D eigenvalue weighted by molar-refractivity contribution is 5.81. The third-order valence-electron chi connectivity index (χ3n) is 3.51. The molecule has 3 nitrogen and oxygen atoms in total. The topological polar surface area (TPSA) is 32.7 Å². The van der Waals surface area contributed by atoms with Gasteiger partial charge in [-0.1, -0.05) is 26.8 Å². The van der Waals surface area contributed by atoms with E-state index in [-0.39, 0.29) is 11.3 Å². The zero-order chi connectivity index (χ0) is 12.5. The van der Waals surface area contributed by atoms with E-state index < -0.39 is 0 Å². The van der Waals surface area contributed by atoms with Gasteiger partial charge in [0, 0.05) is 42.8 Å². The van der Waals surface area contributed by atoms with E-state index in [1.165, 1.54) is 5.70 Å². The summed E-state index contributed by atoms with van der Waals surface area (Å²) in [7, 11) is 0. The Hall–Kier alpha value is -1.12. The quantitative estimate of drug-likeness (QED) is 0.686. The number of aliphatic imine (C=N–C) groups is 1. The lowest BCUT2D eigenvalue weighted by atomic mass is 9.90. The molecule has 3 heteroatoms. The molecule has 0 atom stereocenters. The van der Waals surface area contributed by atoms with Crippen molar-refractivity contribution in [1.82, 2.24) is 4.90 Å². The van der Waals surface area contributed by atoms with Gasteiger partial charge in [0.05, 0.1) is 0 Å². The van der Waals surface area contributed by atoms with E-state index in [0.717, 1.165) is 32.4 Å². The Labute approximate surface area is 104 Å². The van der Waals surface area contributed by atoms with Gasteiger partial charge >= 0.3 is 0 Å². The van der Waals surface area contributed by atoms with Gasteiger partial charge in [-0.3, -0.25) is 9.79 Å². The molecule has 2 heterocycles. The summed E-state index contributed by atoms with van der Waals surface area (Å²) in [4.78, 5) is 18.5. The number of hydrogen-bond acceptors (Lipinski definition) is 2. The minimum absolute atomic E-state index is 0.252. The van der Waals surface area contributed by atoms with Gasteiger partial charge in [0.25, 0.3) is 0 Å². The Balaban J connectivity index is 1.90. The zero-order valence-electron chi connectivity index (χ0n) is 11.1. The summed E-state index contributed by atoms with van der Waals surface area (Å²) in [5.74, 6) is 0.845. The molecule has 0 bridgehead atoms. The fourth-order valence-corrected chi connectivity index (χ4v) is 2.51. The Bertz CT molecular complexity index is 355. The first-order valence-electron chi connectivity index (χ1n) is 6.50. The van der Waals surface area contributed by atoms with Crippen molar-refractivity contribution in [2.45, 2.75) is 40.0 Å². The molecule has 1 fully saturated rings. The van der Waals surface area contributed by atoms with Crippen LogP contribution in [0.1, 0.15) is 40.0 Å². The maximum atomic E-state index is 12.1. The maximum absolute atomic E-state index is 12.1. The number of amides is 1. The van der Waals surface area contributed by atoms with E-state index in [4.69, 9.17) is 0 Å². The number of rotatable bonds is 1. The smallest absolute Gasteiger partial charge is 0.227 e. The summed E-state index contributed by atoms with van der Waals surface area (Å²) in [6.45, 7) is 7.74. The van der Waals surface area contributed by atoms with Crippen LogP contribution in [0.15, 0.2) is 16.8 Å². The molecule has 0 aliphatic carbocycles. The molecule has 0 saturated carbocycles. The Kier molecular flexibility index (Phi) is 3.36. The lowest BCUT2D eigenvalue weighted by molar-refractivity contribution is -0.140. The van der Waals surface area contributed by atoms with Gasteiger partial charge in [0.15, 0.2) is 0 Å². The number of carbonyl (C=O) groups is 1. The van der Waals surface area contributed by atoms with Crippen LogP contribution >= 0.6 is 0 Å². The van der Waals surface area contributed by atoms with Crippen molar-refractivity contribution in [3.8, 4) is 0 Å². The second-order valence-electron chi connectivity index (χ2n) is 5.99. The molecule has 94 valence electrons. The van der Waals surface area contributed by atoms with Crippen molar-refractivity contribution < 1.29 is 4.79 Å². The largest absolute Gasteiger partial charge is 0.342 e. The highest BCUT2D eigenvalue weighted by Gasteiger charge is 2.31. The van der Waals surface area contributed by atoms with Gasteiger partial charge in [-0.2, -0.15) is 0 Å². The molecule has 0 aromatic carbocycles. The van der Waals surface area contributed by atoms with Crippen LogP contribution in [-0.4, -0.2) is 30.1 Å². The first-order valence-corrected chi connectivity index (χ1v) is 6.50. The lowest BCUT2D eigenvalue weighted by Crippen LogP contribution is -2.44. The Morgan fingerprint density at radius 1 is 1.35 bits per heavy atom. The van der Waals surface area contributed by atoms with Crippen molar-refractivity contribution in [2.24, 2.45) is 16.3 Å². The molecule has 0 aromatic heterocycles. The monoisotopic (exact) mass is 234 g/mol. The van der Waals surface area contributed by atoms with E-state index in [2.05, 4.69) is 11.1 Å². The van der Waals surface area contributed by atoms with Crippen molar-refractivity contribution in [3.05, 3.63) is 11.8 Å². The third-order valence-corrected chi connectivity index (χ3v) is 3.51. The normalized spacial score (nSPS) is 21.8. The van der Waals surface area contributed by atoms with E-state index in [0.29, 0.717) is 5.92 Å². The highest BCUT2D eigenvalue weighted by atomic mass is 16.2. The van der Waals surface area contributed by atoms with Gasteiger partial charge in [-0.15, -0.1) is 0 Å². The average Bonchev–Trinajstić information content (AvgIpc) is 2.80. The van der Waals surface area contributed by atoms with Crippen LogP contribution in [0.2, 0.25) is 0 Å². The summed E-state index contributed by atoms with van der Waals surface area (Å²) in [6.07, 6.45) is 7.29. The first-order chi connectivity index (χ1) is 7.98. The standard InChI is InChI=1S/C14H22N2O/c1-14(2,3)13(17)16-9-6-11(7-10-16)12-5-4-8-15-12/h5,8,11H,4,6-7,9-10H2,1-3H3. The number of likely N-dealkylation sites (tertiary alicyclic amines) is 1. The van der Waals surface area contributed by atoms with Gasteiger partial charge in [-0.25, -0.2) is 0 Å². The van der Waals surface area contributed by atoms with E-state index >= 15 is 0 Å². The molecule has 0 radical (unpaired) electrons. The van der Waals surface area contributed by atoms with Crippen LogP contribution in [0.3, 0.4) is 0 Å². The molecule has 17 heavy (non-hydrogen) atoms. The van der Waals surface area contributed by atoms with E-state index in [1.54, 1.807) is 0 Å². The number of carbonyl (C=O) groups excluding carboxylic acids is 1. The van der Waals surface area contributed by atoms with E-state index in [1.807, 2.05) is 31.9 Å². The zero-order valence-corrected chi connectivity index (χ0v) is 11.1. The van der Waals surface area contributed by atoms with Crippen LogP contribution in [-0.2, 0) is 4.79 Å². The molecule has 1 amide bonds. The SMILES string of the molecule is CC(C)(C)C(=O)N1CCC(C2=CCC=N2)CC1. The van der Waals surface area contributed by atoms with Gasteiger partial charge in [0.1, 0.15) is 0 Å². The molecular formula is C14H22N2O. The second-order valence-corrected chi connectivity index (χ2v) is 5.99. The van der Waals surface area contributed by atoms with Crippen molar-refractivity contribution in [2.75, 3.05) is 13.1 Å². The number of allylic oxidation sites excluding steroid dienone is 2. The van der Waals surface area contributed by atoms with Crippen LogP contribution < -0.4 is 0 Å². The predicted molar refractivity (Wildman–Crippen MR) is 70.0 cm³/mol. The lowest BCUT2D eigenvalue weighted by Gasteiger charge is -2.35. The molecule has 2 rings (SSSR count). The molecule has 0 unspecified atom stereocenters. The van der Waals surface area contributed by atoms with Crippen LogP contribution in [0, 0.1) is 11.3 Å². The molecule has 2 aliphatic heterocycles. The predicted octanol–water partition coefficient (Wildman–Crippen LogP) is 2.63. The first kappa shape index (κ1) is 12.3. The van der Waals surface area contributed by atoms with Crippen molar-refractivity contribution in [1.29, 1.82) is 0 Å². The summed E-state index contributed by atoms with van der Waals surface area (Å²) >= 11 is 0. The second kappa shape index (κ2) is 4.63. The maximum Gasteiger partial charge on any atom is 0.227 e. The average molecular weight is 234 g/mol. The van der Waals surface area contributed by atoms with Crippen LogP contribution in [0.5, 0.6) is 0 Å². The molecule has 0 aromatic rings. The summed E-state index contributed by atoms with van der Waals surface area (Å²) in [6, 6.07) is 0. The molecule has 0 spiro atoms. The minimum atomic E-state index is -0.252. The highest BCUT2D eigenvalue weighted by Crippen LogP contribution is 2.29. The Morgan fingerprint density at radius 2 is 2.00 bits per heavy atom. The van der Waals surface area contributed by atoms with Crippen molar-refractivity contribution >= 4 is 12.1 Å². The summed E-state index contributed by atoms with van der Waals surface area (Å²) in [5.41, 5.74) is 0.991. The molecule has 1 saturated heterocycles. The summed E-state index contributed by atoms with van der Waals surface area (Å²) in [5, 5.41) is 0. The Morgan fingerprint density at radius 3 is 2.47 bits per heavy atom. The summed E-state index contributed by atoms with van der Waals surface area (Å²) < 4.78 is 0. The van der Waals surface area contributed by atoms with E-state index in [9.17, 15) is 4.79 Å².